The summed E-state index contributed by atoms with van der Waals surface area (Å²) in [5, 5.41) is 7.73. The molecule has 0 aliphatic carbocycles. The Morgan fingerprint density at radius 2 is 2.00 bits per heavy atom. The molecule has 30 heavy (non-hydrogen) atoms. The number of nitrogens with one attached hydrogen (secondary N) is 1. The van der Waals surface area contributed by atoms with E-state index >= 15 is 0 Å². The number of carbonyl (C=O) groups is 1. The van der Waals surface area contributed by atoms with E-state index in [9.17, 15) is 4.79 Å². The molecule has 0 bridgehead atoms. The number of amides is 1. The fourth-order valence-electron chi connectivity index (χ4n) is 3.40. The molecule has 0 saturated heterocycles. The number of methoxy groups -OCH3 is 1. The molecular formula is C22H19N3O4S. The summed E-state index contributed by atoms with van der Waals surface area (Å²) in [7, 11) is 1.63. The highest BCUT2D eigenvalue weighted by molar-refractivity contribution is 7.98. The summed E-state index contributed by atoms with van der Waals surface area (Å²) in [6.45, 7) is 0.224. The Bertz CT molecular complexity index is 1140. The van der Waals surface area contributed by atoms with Crippen LogP contribution in [0.4, 0.5) is 5.82 Å². The van der Waals surface area contributed by atoms with E-state index in [1.54, 1.807) is 29.6 Å². The van der Waals surface area contributed by atoms with Gasteiger partial charge in [0.05, 0.1) is 18.5 Å². The quantitative estimate of drug-likeness (QED) is 0.628. The maximum absolute atomic E-state index is 12.7. The molecule has 2 aliphatic rings. The van der Waals surface area contributed by atoms with Crippen LogP contribution in [0.25, 0.3) is 11.8 Å². The predicted molar refractivity (Wildman–Crippen MR) is 115 cm³/mol. The summed E-state index contributed by atoms with van der Waals surface area (Å²) in [5.41, 5.74) is 3.80. The molecule has 1 amide bonds. The van der Waals surface area contributed by atoms with Gasteiger partial charge < -0.3 is 19.5 Å². The minimum Gasteiger partial charge on any atom is -0.497 e. The van der Waals surface area contributed by atoms with Crippen molar-refractivity contribution < 1.29 is 19.0 Å². The number of aromatic nitrogens is 2. The Kier molecular flexibility index (Phi) is 4.84. The van der Waals surface area contributed by atoms with Crippen LogP contribution in [0, 0.1) is 0 Å². The minimum absolute atomic E-state index is 0.220. The van der Waals surface area contributed by atoms with Crippen molar-refractivity contribution in [2.24, 2.45) is 0 Å². The van der Waals surface area contributed by atoms with Gasteiger partial charge in [-0.2, -0.15) is 16.9 Å². The predicted octanol–water partition coefficient (Wildman–Crippen LogP) is 4.01. The lowest BCUT2D eigenvalue weighted by Gasteiger charge is -2.10. The number of rotatable bonds is 5. The molecule has 0 spiro atoms. The average Bonchev–Trinajstić information content (AvgIpc) is 3.49. The van der Waals surface area contributed by atoms with Gasteiger partial charge in [-0.1, -0.05) is 6.07 Å². The number of benzene rings is 2. The van der Waals surface area contributed by atoms with Gasteiger partial charge in [-0.15, -0.1) is 0 Å². The van der Waals surface area contributed by atoms with Crippen LogP contribution in [0.2, 0.25) is 0 Å². The first-order valence-electron chi connectivity index (χ1n) is 9.43. The Balaban J connectivity index is 1.39. The maximum atomic E-state index is 12.7. The summed E-state index contributed by atoms with van der Waals surface area (Å²) in [6.07, 6.45) is 3.26. The zero-order valence-corrected chi connectivity index (χ0v) is 17.1. The van der Waals surface area contributed by atoms with Crippen LogP contribution < -0.4 is 19.5 Å². The van der Waals surface area contributed by atoms with Crippen LogP contribution in [-0.4, -0.2) is 29.6 Å². The van der Waals surface area contributed by atoms with Crippen LogP contribution in [0.1, 0.15) is 16.8 Å². The Hall–Kier alpha value is -3.39. The standard InChI is InChI=1S/C22H19N3O4S/c1-27-16-6-4-15(5-7-16)25-22(17-11-30-12-18(17)24-25)23-21(26)9-3-14-2-8-19-20(10-14)29-13-28-19/h2-10H,11-13H2,1H3,(H,23,26). The van der Waals surface area contributed by atoms with Crippen molar-refractivity contribution in [3.8, 4) is 22.9 Å². The van der Waals surface area contributed by atoms with E-state index in [2.05, 4.69) is 5.32 Å². The molecule has 3 aromatic rings. The fraction of sp³-hybridized carbons (Fsp3) is 0.182. The average molecular weight is 421 g/mol. The molecule has 152 valence electrons. The van der Waals surface area contributed by atoms with Gasteiger partial charge in [-0.05, 0) is 48.0 Å². The van der Waals surface area contributed by atoms with Crippen LogP contribution in [0.5, 0.6) is 17.2 Å². The number of hydrogen-bond donors (Lipinski definition) is 1. The number of thioether (sulfide) groups is 1. The lowest BCUT2D eigenvalue weighted by molar-refractivity contribution is -0.111. The first-order valence-corrected chi connectivity index (χ1v) is 10.6. The first kappa shape index (κ1) is 18.6. The molecule has 8 heteroatoms. The van der Waals surface area contributed by atoms with Gasteiger partial charge >= 0.3 is 0 Å². The molecule has 0 atom stereocenters. The largest absolute Gasteiger partial charge is 0.497 e. The summed E-state index contributed by atoms with van der Waals surface area (Å²) in [6, 6.07) is 13.2. The summed E-state index contributed by atoms with van der Waals surface area (Å²) in [5.74, 6) is 4.33. The minimum atomic E-state index is -0.220. The third-order valence-electron chi connectivity index (χ3n) is 4.93. The van der Waals surface area contributed by atoms with E-state index in [0.717, 1.165) is 39.8 Å². The molecular weight excluding hydrogens is 402 g/mol. The van der Waals surface area contributed by atoms with Crippen molar-refractivity contribution >= 4 is 29.6 Å². The van der Waals surface area contributed by atoms with Crippen LogP contribution in [-0.2, 0) is 16.3 Å². The van der Waals surface area contributed by atoms with Crippen molar-refractivity contribution in [2.75, 3.05) is 19.2 Å². The lowest BCUT2D eigenvalue weighted by atomic mass is 10.2. The second-order valence-corrected chi connectivity index (χ2v) is 7.80. The first-order chi connectivity index (χ1) is 14.7. The molecule has 2 aliphatic heterocycles. The van der Waals surface area contributed by atoms with Gasteiger partial charge in [0.15, 0.2) is 11.5 Å². The zero-order chi connectivity index (χ0) is 20.5. The van der Waals surface area contributed by atoms with Crippen molar-refractivity contribution in [2.45, 2.75) is 11.5 Å². The molecule has 0 fully saturated rings. The molecule has 1 aromatic heterocycles. The number of anilines is 1. The van der Waals surface area contributed by atoms with Crippen molar-refractivity contribution in [3.63, 3.8) is 0 Å². The molecule has 2 aromatic carbocycles. The topological polar surface area (TPSA) is 74.6 Å². The number of carbonyl (C=O) groups excluding carboxylic acids is 1. The third-order valence-corrected chi connectivity index (χ3v) is 5.90. The Labute approximate surface area is 177 Å². The van der Waals surface area contributed by atoms with Gasteiger partial charge in [-0.3, -0.25) is 4.79 Å². The highest BCUT2D eigenvalue weighted by atomic mass is 32.2. The van der Waals surface area contributed by atoms with Crippen LogP contribution in [0.3, 0.4) is 0 Å². The molecule has 5 rings (SSSR count). The Morgan fingerprint density at radius 1 is 1.17 bits per heavy atom. The molecule has 7 nitrogen and oxygen atoms in total. The highest BCUT2D eigenvalue weighted by Gasteiger charge is 2.24. The Morgan fingerprint density at radius 3 is 2.83 bits per heavy atom. The molecule has 0 radical (unpaired) electrons. The molecule has 0 unspecified atom stereocenters. The molecule has 0 saturated carbocycles. The summed E-state index contributed by atoms with van der Waals surface area (Å²) < 4.78 is 17.7. The number of ether oxygens (including phenoxy) is 3. The van der Waals surface area contributed by atoms with Gasteiger partial charge in [0.25, 0.3) is 0 Å². The number of nitrogens with zero attached hydrogens (tertiary/aromatic N) is 2. The van der Waals surface area contributed by atoms with E-state index in [4.69, 9.17) is 19.3 Å². The molecule has 1 N–H and O–H groups in total. The van der Waals surface area contributed by atoms with E-state index in [1.165, 1.54) is 6.08 Å². The maximum Gasteiger partial charge on any atom is 0.249 e. The SMILES string of the molecule is COc1ccc(-n2nc3c(c2NC(=O)C=Cc2ccc4c(c2)OCO4)CSC3)cc1. The van der Waals surface area contributed by atoms with E-state index in [1.807, 2.05) is 42.5 Å². The summed E-state index contributed by atoms with van der Waals surface area (Å²) in [4.78, 5) is 12.7. The lowest BCUT2D eigenvalue weighted by Crippen LogP contribution is -2.13. The van der Waals surface area contributed by atoms with E-state index in [-0.39, 0.29) is 12.7 Å². The van der Waals surface area contributed by atoms with E-state index in [0.29, 0.717) is 17.3 Å². The highest BCUT2D eigenvalue weighted by Crippen LogP contribution is 2.36. The number of fused-ring (bicyclic) bond motifs is 2. The van der Waals surface area contributed by atoms with Gasteiger partial charge in [0, 0.05) is 23.1 Å². The van der Waals surface area contributed by atoms with Gasteiger partial charge in [0.2, 0.25) is 12.7 Å². The smallest absolute Gasteiger partial charge is 0.249 e. The third kappa shape index (κ3) is 3.50. The van der Waals surface area contributed by atoms with Crippen molar-refractivity contribution in [1.29, 1.82) is 0 Å². The second kappa shape index (κ2) is 7.79. The van der Waals surface area contributed by atoms with E-state index < -0.39 is 0 Å². The fourth-order valence-corrected chi connectivity index (χ4v) is 4.43. The van der Waals surface area contributed by atoms with Crippen molar-refractivity contribution in [3.05, 3.63) is 65.4 Å². The van der Waals surface area contributed by atoms with Gasteiger partial charge in [-0.25, -0.2) is 4.68 Å². The van der Waals surface area contributed by atoms with Crippen LogP contribution in [0.15, 0.2) is 48.5 Å². The summed E-state index contributed by atoms with van der Waals surface area (Å²) >= 11 is 1.79. The van der Waals surface area contributed by atoms with Crippen molar-refractivity contribution in [1.82, 2.24) is 9.78 Å². The zero-order valence-electron chi connectivity index (χ0n) is 16.3. The number of hydrogen-bond acceptors (Lipinski definition) is 6. The molecule has 3 heterocycles. The second-order valence-electron chi connectivity index (χ2n) is 6.81. The normalized spacial score (nSPS) is 14.2. The monoisotopic (exact) mass is 421 g/mol. The van der Waals surface area contributed by atoms with Gasteiger partial charge in [0.1, 0.15) is 11.6 Å². The van der Waals surface area contributed by atoms with Crippen LogP contribution >= 0.6 is 11.8 Å².